The predicted molar refractivity (Wildman–Crippen MR) is 105 cm³/mol. The van der Waals surface area contributed by atoms with E-state index >= 15 is 0 Å². The summed E-state index contributed by atoms with van der Waals surface area (Å²) >= 11 is 1.16. The van der Waals surface area contributed by atoms with Crippen LogP contribution in [-0.2, 0) is 17.8 Å². The lowest BCUT2D eigenvalue weighted by Crippen LogP contribution is -2.25. The molecule has 0 radical (unpaired) electrons. The van der Waals surface area contributed by atoms with Gasteiger partial charge < -0.3 is 14.8 Å². The summed E-state index contributed by atoms with van der Waals surface area (Å²) in [7, 11) is 0. The topological polar surface area (TPSA) is 89.6 Å². The van der Waals surface area contributed by atoms with E-state index in [9.17, 15) is 18.4 Å². The van der Waals surface area contributed by atoms with Gasteiger partial charge in [0.1, 0.15) is 11.6 Å². The van der Waals surface area contributed by atoms with E-state index in [0.717, 1.165) is 23.5 Å². The van der Waals surface area contributed by atoms with Crippen molar-refractivity contribution in [2.75, 3.05) is 12.1 Å². The number of amides is 2. The predicted octanol–water partition coefficient (Wildman–Crippen LogP) is 3.26. The average Bonchev–Trinajstić information content (AvgIpc) is 3.36. The lowest BCUT2D eigenvalue weighted by molar-refractivity contribution is -0.120. The zero-order valence-electron chi connectivity index (χ0n) is 15.4. The van der Waals surface area contributed by atoms with Gasteiger partial charge in [-0.05, 0) is 30.3 Å². The molecular weight excluding hydrogens is 416 g/mol. The van der Waals surface area contributed by atoms with Gasteiger partial charge in [0.05, 0.1) is 12.1 Å². The normalized spacial score (nSPS) is 11.9. The number of aromatic nitrogens is 1. The number of thiazole rings is 1. The Labute approximate surface area is 173 Å². The smallest absolute Gasteiger partial charge is 0.257 e. The molecule has 2 aromatic carbocycles. The summed E-state index contributed by atoms with van der Waals surface area (Å²) in [6, 6.07) is 8.33. The summed E-state index contributed by atoms with van der Waals surface area (Å²) < 4.78 is 37.7. The number of fused-ring (bicyclic) bond motifs is 1. The van der Waals surface area contributed by atoms with Gasteiger partial charge >= 0.3 is 0 Å². The molecule has 1 aliphatic heterocycles. The molecule has 154 valence electrons. The third-order valence-electron chi connectivity index (χ3n) is 4.27. The van der Waals surface area contributed by atoms with Crippen LogP contribution in [0.5, 0.6) is 11.5 Å². The molecule has 30 heavy (non-hydrogen) atoms. The number of carbonyl (C=O) groups excluding carboxylic acids is 2. The molecule has 1 aliphatic rings. The third-order valence-corrected chi connectivity index (χ3v) is 5.08. The van der Waals surface area contributed by atoms with Crippen molar-refractivity contribution in [2.24, 2.45) is 0 Å². The van der Waals surface area contributed by atoms with Crippen LogP contribution in [0.1, 0.15) is 21.6 Å². The van der Waals surface area contributed by atoms with E-state index in [1.54, 1.807) is 23.6 Å². The molecule has 2 amide bonds. The maximum atomic E-state index is 13.6. The fourth-order valence-electron chi connectivity index (χ4n) is 2.77. The van der Waals surface area contributed by atoms with E-state index in [4.69, 9.17) is 9.47 Å². The number of halogens is 2. The van der Waals surface area contributed by atoms with Gasteiger partial charge in [-0.1, -0.05) is 6.07 Å². The number of nitrogens with zero attached hydrogens (tertiary/aromatic N) is 1. The molecule has 4 rings (SSSR count). The zero-order valence-corrected chi connectivity index (χ0v) is 16.2. The van der Waals surface area contributed by atoms with Crippen LogP contribution < -0.4 is 20.1 Å². The molecule has 0 unspecified atom stereocenters. The largest absolute Gasteiger partial charge is 0.454 e. The SMILES string of the molecule is O=C(Cc1csc(NC(=O)c2ccc3c(c2)OCO3)n1)NCc1c(F)cccc1F. The van der Waals surface area contributed by atoms with Crippen LogP contribution in [0.3, 0.4) is 0 Å². The monoisotopic (exact) mass is 431 g/mol. The van der Waals surface area contributed by atoms with E-state index in [-0.39, 0.29) is 31.2 Å². The molecule has 0 bridgehead atoms. The number of rotatable bonds is 6. The van der Waals surface area contributed by atoms with Crippen LogP contribution in [0.25, 0.3) is 0 Å². The Morgan fingerprint density at radius 3 is 2.67 bits per heavy atom. The molecule has 2 N–H and O–H groups in total. The van der Waals surface area contributed by atoms with Crippen molar-refractivity contribution < 1.29 is 27.8 Å². The second-order valence-electron chi connectivity index (χ2n) is 6.32. The molecule has 7 nitrogen and oxygen atoms in total. The highest BCUT2D eigenvalue weighted by molar-refractivity contribution is 7.14. The first kappa shape index (κ1) is 19.8. The number of carbonyl (C=O) groups is 2. The van der Waals surface area contributed by atoms with Crippen LogP contribution in [0.4, 0.5) is 13.9 Å². The highest BCUT2D eigenvalue weighted by Crippen LogP contribution is 2.32. The van der Waals surface area contributed by atoms with Crippen molar-refractivity contribution in [1.29, 1.82) is 0 Å². The van der Waals surface area contributed by atoms with Gasteiger partial charge in [0, 0.05) is 23.1 Å². The Morgan fingerprint density at radius 1 is 1.10 bits per heavy atom. The molecule has 1 aromatic heterocycles. The Balaban J connectivity index is 1.32. The molecular formula is C20H15F2N3O4S. The Morgan fingerprint density at radius 2 is 1.87 bits per heavy atom. The van der Waals surface area contributed by atoms with Crippen LogP contribution in [0, 0.1) is 11.6 Å². The lowest BCUT2D eigenvalue weighted by atomic mass is 10.2. The van der Waals surface area contributed by atoms with Gasteiger partial charge in [0.2, 0.25) is 12.7 Å². The number of anilines is 1. The van der Waals surface area contributed by atoms with E-state index < -0.39 is 17.5 Å². The minimum Gasteiger partial charge on any atom is -0.454 e. The maximum Gasteiger partial charge on any atom is 0.257 e. The van der Waals surface area contributed by atoms with Crippen LogP contribution in [0.15, 0.2) is 41.8 Å². The Kier molecular flexibility index (Phi) is 5.57. The highest BCUT2D eigenvalue weighted by Gasteiger charge is 2.17. The first-order chi connectivity index (χ1) is 14.5. The summed E-state index contributed by atoms with van der Waals surface area (Å²) in [5, 5.41) is 7.06. The quantitative estimate of drug-likeness (QED) is 0.625. The van der Waals surface area contributed by atoms with E-state index in [1.807, 2.05) is 0 Å². The first-order valence-electron chi connectivity index (χ1n) is 8.84. The fourth-order valence-corrected chi connectivity index (χ4v) is 3.47. The maximum absolute atomic E-state index is 13.6. The third kappa shape index (κ3) is 4.38. The number of nitrogens with one attached hydrogen (secondary N) is 2. The second-order valence-corrected chi connectivity index (χ2v) is 7.18. The lowest BCUT2D eigenvalue weighted by Gasteiger charge is -2.06. The fraction of sp³-hybridized carbons (Fsp3) is 0.150. The molecule has 0 spiro atoms. The number of hydrogen-bond donors (Lipinski definition) is 2. The van der Waals surface area contributed by atoms with Crippen molar-refractivity contribution >= 4 is 28.3 Å². The summed E-state index contributed by atoms with van der Waals surface area (Å²) in [6.45, 7) is -0.156. The van der Waals surface area contributed by atoms with Crippen molar-refractivity contribution in [3.8, 4) is 11.5 Å². The molecule has 0 saturated carbocycles. The molecule has 0 fully saturated rings. The summed E-state index contributed by atoms with van der Waals surface area (Å²) in [4.78, 5) is 28.6. The van der Waals surface area contributed by atoms with E-state index in [1.165, 1.54) is 6.07 Å². The second kappa shape index (κ2) is 8.46. The van der Waals surface area contributed by atoms with Crippen LogP contribution >= 0.6 is 11.3 Å². The number of ether oxygens (including phenoxy) is 2. The van der Waals surface area contributed by atoms with Crippen LogP contribution in [0.2, 0.25) is 0 Å². The van der Waals surface area contributed by atoms with E-state index in [0.29, 0.717) is 27.9 Å². The molecule has 10 heteroatoms. The van der Waals surface area contributed by atoms with Crippen molar-refractivity contribution in [2.45, 2.75) is 13.0 Å². The van der Waals surface area contributed by atoms with Gasteiger partial charge in [-0.15, -0.1) is 11.3 Å². The Bertz CT molecular complexity index is 1100. The van der Waals surface area contributed by atoms with Gasteiger partial charge in [-0.25, -0.2) is 13.8 Å². The molecule has 2 heterocycles. The summed E-state index contributed by atoms with van der Waals surface area (Å²) in [5.74, 6) is -1.21. The highest BCUT2D eigenvalue weighted by atomic mass is 32.1. The van der Waals surface area contributed by atoms with Crippen molar-refractivity contribution in [3.63, 3.8) is 0 Å². The van der Waals surface area contributed by atoms with Crippen molar-refractivity contribution in [1.82, 2.24) is 10.3 Å². The minimum absolute atomic E-state index is 0.0908. The molecule has 0 saturated heterocycles. The standard InChI is InChI=1S/C20H15F2N3O4S/c21-14-2-1-3-15(22)13(14)8-23-18(26)7-12-9-30-20(24-12)25-19(27)11-4-5-16-17(6-11)29-10-28-16/h1-6,9H,7-8,10H2,(H,23,26)(H,24,25,27). The summed E-state index contributed by atoms with van der Waals surface area (Å²) in [6.07, 6.45) is -0.0908. The number of benzene rings is 2. The molecule has 3 aromatic rings. The zero-order chi connectivity index (χ0) is 21.1. The van der Waals surface area contributed by atoms with E-state index in [2.05, 4.69) is 15.6 Å². The van der Waals surface area contributed by atoms with Crippen molar-refractivity contribution in [3.05, 3.63) is 70.2 Å². The van der Waals surface area contributed by atoms with Crippen LogP contribution in [-0.4, -0.2) is 23.6 Å². The van der Waals surface area contributed by atoms with Gasteiger partial charge in [0.15, 0.2) is 16.6 Å². The average molecular weight is 431 g/mol. The number of hydrogen-bond acceptors (Lipinski definition) is 6. The minimum atomic E-state index is -0.725. The summed E-state index contributed by atoms with van der Waals surface area (Å²) in [5.41, 5.74) is 0.592. The first-order valence-corrected chi connectivity index (χ1v) is 9.72. The van der Waals surface area contributed by atoms with Gasteiger partial charge in [0.25, 0.3) is 5.91 Å². The molecule has 0 atom stereocenters. The van der Waals surface area contributed by atoms with Gasteiger partial charge in [-0.2, -0.15) is 0 Å². The Hall–Kier alpha value is -3.53. The van der Waals surface area contributed by atoms with Gasteiger partial charge in [-0.3, -0.25) is 14.9 Å². The molecule has 0 aliphatic carbocycles.